The largest absolute Gasteiger partial charge is 0.480 e. The van der Waals surface area contributed by atoms with Crippen molar-refractivity contribution in [3.63, 3.8) is 0 Å². The Morgan fingerprint density at radius 2 is 2.44 bits per heavy atom. The molecule has 1 aromatic heterocycles. The van der Waals surface area contributed by atoms with Crippen LogP contribution in [-0.2, 0) is 4.79 Å². The molecule has 0 radical (unpaired) electrons. The summed E-state index contributed by atoms with van der Waals surface area (Å²) in [5.74, 6) is 5.95. The summed E-state index contributed by atoms with van der Waals surface area (Å²) < 4.78 is 5.27. The number of hydrogen-bond donors (Lipinski definition) is 3. The number of hydrogen-bond acceptors (Lipinski definition) is 5. The number of rotatable bonds is 6. The number of hydrazine groups is 1. The highest BCUT2D eigenvalue weighted by Crippen LogP contribution is 2.18. The Kier molecular flexibility index (Phi) is 5.07. The summed E-state index contributed by atoms with van der Waals surface area (Å²) in [6, 6.07) is 3.40. The van der Waals surface area contributed by atoms with Crippen LogP contribution in [0.5, 0.6) is 5.75 Å². The Bertz CT molecular complexity index is 343. The number of nitrogens with zero attached hydrogens (tertiary/aromatic N) is 1. The fourth-order valence-corrected chi connectivity index (χ4v) is 1.07. The van der Waals surface area contributed by atoms with Gasteiger partial charge in [-0.1, -0.05) is 6.92 Å². The molecule has 6 nitrogen and oxygen atoms in total. The number of ether oxygens (including phenoxy) is 1. The predicted molar refractivity (Wildman–Crippen MR) is 60.8 cm³/mol. The van der Waals surface area contributed by atoms with E-state index in [9.17, 15) is 4.79 Å². The van der Waals surface area contributed by atoms with E-state index < -0.39 is 0 Å². The van der Waals surface area contributed by atoms with Gasteiger partial charge < -0.3 is 15.5 Å². The molecule has 0 atom stereocenters. The minimum atomic E-state index is -0.159. The van der Waals surface area contributed by atoms with Gasteiger partial charge in [0.05, 0.1) is 0 Å². The van der Waals surface area contributed by atoms with Gasteiger partial charge in [0.25, 0.3) is 5.91 Å². The molecule has 0 aliphatic carbocycles. The molecule has 0 aromatic carbocycles. The lowest BCUT2D eigenvalue weighted by Crippen LogP contribution is -2.29. The summed E-state index contributed by atoms with van der Waals surface area (Å²) in [7, 11) is 0. The number of carbonyl (C=O) groups excluding carboxylic acids is 1. The van der Waals surface area contributed by atoms with Gasteiger partial charge in [-0.15, -0.1) is 0 Å². The number of nitrogen functional groups attached to an aromatic ring is 1. The summed E-state index contributed by atoms with van der Waals surface area (Å²) >= 11 is 0. The lowest BCUT2D eigenvalue weighted by atomic mass is 10.4. The maximum absolute atomic E-state index is 11.3. The number of nitrogens with one attached hydrogen (secondary N) is 2. The minimum absolute atomic E-state index is 0.0413. The summed E-state index contributed by atoms with van der Waals surface area (Å²) in [6.07, 6.45) is 2.48. The second-order valence-corrected chi connectivity index (χ2v) is 3.13. The molecular weight excluding hydrogens is 208 g/mol. The Hall–Kier alpha value is -1.82. The molecule has 0 aliphatic heterocycles. The van der Waals surface area contributed by atoms with Crippen LogP contribution in [0.3, 0.4) is 0 Å². The van der Waals surface area contributed by atoms with Gasteiger partial charge in [0.15, 0.2) is 18.2 Å². The third-order valence-electron chi connectivity index (χ3n) is 1.84. The zero-order valence-electron chi connectivity index (χ0n) is 9.19. The second-order valence-electron chi connectivity index (χ2n) is 3.13. The van der Waals surface area contributed by atoms with E-state index in [1.54, 1.807) is 18.3 Å². The molecule has 6 heteroatoms. The van der Waals surface area contributed by atoms with Gasteiger partial charge in [-0.2, -0.15) is 0 Å². The molecule has 0 bridgehead atoms. The Morgan fingerprint density at radius 3 is 3.12 bits per heavy atom. The number of nitrogens with two attached hydrogens (primary N) is 1. The Balaban J connectivity index is 2.44. The lowest BCUT2D eigenvalue weighted by molar-refractivity contribution is -0.123. The first-order chi connectivity index (χ1) is 7.77. The standard InChI is InChI=1S/C10H16N4O2/c1-2-5-12-9(15)7-16-8-4-3-6-13-10(8)14-11/h3-4,6H,2,5,7,11H2,1H3,(H,12,15)(H,13,14). The molecule has 0 saturated heterocycles. The van der Waals surface area contributed by atoms with Crippen LogP contribution in [0.25, 0.3) is 0 Å². The van der Waals surface area contributed by atoms with Crippen molar-refractivity contribution < 1.29 is 9.53 Å². The summed E-state index contributed by atoms with van der Waals surface area (Å²) in [5.41, 5.74) is 2.39. The van der Waals surface area contributed by atoms with Crippen molar-refractivity contribution in [2.24, 2.45) is 5.84 Å². The summed E-state index contributed by atoms with van der Waals surface area (Å²) in [5, 5.41) is 2.70. The quantitative estimate of drug-likeness (QED) is 0.477. The van der Waals surface area contributed by atoms with E-state index in [0.29, 0.717) is 18.1 Å². The van der Waals surface area contributed by atoms with Crippen molar-refractivity contribution in [2.45, 2.75) is 13.3 Å². The molecule has 1 rings (SSSR count). The second kappa shape index (κ2) is 6.62. The smallest absolute Gasteiger partial charge is 0.257 e. The molecule has 88 valence electrons. The summed E-state index contributed by atoms with van der Waals surface area (Å²) in [6.45, 7) is 2.59. The highest BCUT2D eigenvalue weighted by atomic mass is 16.5. The van der Waals surface area contributed by atoms with Crippen LogP contribution in [0, 0.1) is 0 Å². The number of pyridine rings is 1. The molecule has 16 heavy (non-hydrogen) atoms. The van der Waals surface area contributed by atoms with Gasteiger partial charge in [-0.3, -0.25) is 4.79 Å². The number of aromatic nitrogens is 1. The van der Waals surface area contributed by atoms with Gasteiger partial charge in [0.1, 0.15) is 0 Å². The maximum atomic E-state index is 11.3. The predicted octanol–water partition coefficient (Wildman–Crippen LogP) is 0.272. The maximum Gasteiger partial charge on any atom is 0.257 e. The molecule has 1 aromatic rings. The molecule has 0 unspecified atom stereocenters. The molecule has 1 amide bonds. The monoisotopic (exact) mass is 224 g/mol. The normalized spacial score (nSPS) is 9.62. The molecule has 0 saturated carbocycles. The average molecular weight is 224 g/mol. The SMILES string of the molecule is CCCNC(=O)COc1cccnc1NN. The fraction of sp³-hybridized carbons (Fsp3) is 0.400. The van der Waals surface area contributed by atoms with Gasteiger partial charge in [-0.25, -0.2) is 10.8 Å². The van der Waals surface area contributed by atoms with E-state index in [1.807, 2.05) is 6.92 Å². The van der Waals surface area contributed by atoms with E-state index in [2.05, 4.69) is 15.7 Å². The first kappa shape index (κ1) is 12.3. The van der Waals surface area contributed by atoms with E-state index in [1.165, 1.54) is 0 Å². The van der Waals surface area contributed by atoms with Crippen LogP contribution >= 0.6 is 0 Å². The van der Waals surface area contributed by atoms with Crippen molar-refractivity contribution in [3.05, 3.63) is 18.3 Å². The lowest BCUT2D eigenvalue weighted by Gasteiger charge is -2.09. The van der Waals surface area contributed by atoms with Crippen LogP contribution in [0.4, 0.5) is 5.82 Å². The van der Waals surface area contributed by atoms with Crippen molar-refractivity contribution >= 4 is 11.7 Å². The van der Waals surface area contributed by atoms with Gasteiger partial charge in [-0.05, 0) is 18.6 Å². The molecule has 0 fully saturated rings. The van der Waals surface area contributed by atoms with E-state index in [-0.39, 0.29) is 12.5 Å². The van der Waals surface area contributed by atoms with Crippen molar-refractivity contribution in [1.82, 2.24) is 10.3 Å². The van der Waals surface area contributed by atoms with Crippen molar-refractivity contribution in [3.8, 4) is 5.75 Å². The molecule has 4 N–H and O–H groups in total. The third kappa shape index (κ3) is 3.74. The van der Waals surface area contributed by atoms with Crippen LogP contribution in [0.2, 0.25) is 0 Å². The van der Waals surface area contributed by atoms with Gasteiger partial charge in [0, 0.05) is 12.7 Å². The van der Waals surface area contributed by atoms with Crippen LogP contribution in [0.15, 0.2) is 18.3 Å². The molecular formula is C10H16N4O2. The third-order valence-corrected chi connectivity index (χ3v) is 1.84. The van der Waals surface area contributed by atoms with E-state index in [0.717, 1.165) is 6.42 Å². The Labute approximate surface area is 94.2 Å². The first-order valence-electron chi connectivity index (χ1n) is 5.09. The van der Waals surface area contributed by atoms with Crippen molar-refractivity contribution in [1.29, 1.82) is 0 Å². The number of anilines is 1. The van der Waals surface area contributed by atoms with Crippen LogP contribution in [0.1, 0.15) is 13.3 Å². The highest BCUT2D eigenvalue weighted by molar-refractivity contribution is 5.77. The average Bonchev–Trinajstić information content (AvgIpc) is 2.34. The number of amides is 1. The zero-order valence-corrected chi connectivity index (χ0v) is 9.19. The van der Waals surface area contributed by atoms with E-state index >= 15 is 0 Å². The van der Waals surface area contributed by atoms with Gasteiger partial charge >= 0.3 is 0 Å². The highest BCUT2D eigenvalue weighted by Gasteiger charge is 2.05. The minimum Gasteiger partial charge on any atom is -0.480 e. The topological polar surface area (TPSA) is 89.3 Å². The fourth-order valence-electron chi connectivity index (χ4n) is 1.07. The zero-order chi connectivity index (χ0) is 11.8. The number of carbonyl (C=O) groups is 1. The molecule has 0 spiro atoms. The van der Waals surface area contributed by atoms with Crippen LogP contribution < -0.4 is 21.3 Å². The molecule has 1 heterocycles. The van der Waals surface area contributed by atoms with Gasteiger partial charge in [0.2, 0.25) is 0 Å². The Morgan fingerprint density at radius 1 is 1.62 bits per heavy atom. The van der Waals surface area contributed by atoms with Crippen molar-refractivity contribution in [2.75, 3.05) is 18.6 Å². The summed E-state index contributed by atoms with van der Waals surface area (Å²) in [4.78, 5) is 15.2. The van der Waals surface area contributed by atoms with E-state index in [4.69, 9.17) is 10.6 Å². The first-order valence-corrected chi connectivity index (χ1v) is 5.09. The molecule has 0 aliphatic rings. The van der Waals surface area contributed by atoms with Crippen LogP contribution in [-0.4, -0.2) is 24.0 Å².